The van der Waals surface area contributed by atoms with E-state index in [-0.39, 0.29) is 29.8 Å². The van der Waals surface area contributed by atoms with Crippen LogP contribution in [0.1, 0.15) is 52.4 Å². The van der Waals surface area contributed by atoms with Gasteiger partial charge in [0.15, 0.2) is 11.5 Å². The van der Waals surface area contributed by atoms with Crippen LogP contribution >= 0.6 is 15.9 Å². The molecule has 0 bridgehead atoms. The van der Waals surface area contributed by atoms with Crippen molar-refractivity contribution in [2.45, 2.75) is 32.9 Å². The van der Waals surface area contributed by atoms with Crippen molar-refractivity contribution in [1.82, 2.24) is 9.78 Å². The molecule has 1 aliphatic rings. The van der Waals surface area contributed by atoms with Crippen LogP contribution in [-0.2, 0) is 12.6 Å². The standard InChI is InChI=1S/C17H15BrF3N3O2/c1-16(2)6-11-13(12(25)7-16)14(17(19,20)21)23-24(11)10-5-8(18)3-4-9(10)15(22)26/h3-5H,6-7H2,1-2H3,(H2,22,26). The smallest absolute Gasteiger partial charge is 0.366 e. The first-order chi connectivity index (χ1) is 11.9. The van der Waals surface area contributed by atoms with Gasteiger partial charge in [-0.25, -0.2) is 4.68 Å². The number of hydrogen-bond donors (Lipinski definition) is 1. The van der Waals surface area contributed by atoms with Crippen molar-refractivity contribution >= 4 is 27.6 Å². The topological polar surface area (TPSA) is 78.0 Å². The summed E-state index contributed by atoms with van der Waals surface area (Å²) < 4.78 is 42.0. The third-order valence-electron chi connectivity index (χ3n) is 4.27. The number of fused-ring (bicyclic) bond motifs is 1. The maximum Gasteiger partial charge on any atom is 0.435 e. The summed E-state index contributed by atoms with van der Waals surface area (Å²) in [5, 5.41) is 3.68. The lowest BCUT2D eigenvalue weighted by Gasteiger charge is -2.29. The number of carbonyl (C=O) groups is 2. The quantitative estimate of drug-likeness (QED) is 0.785. The zero-order valence-corrected chi connectivity index (χ0v) is 15.5. The van der Waals surface area contributed by atoms with Gasteiger partial charge in [-0.3, -0.25) is 9.59 Å². The summed E-state index contributed by atoms with van der Waals surface area (Å²) in [6.45, 7) is 3.60. The Labute approximate surface area is 155 Å². The highest BCUT2D eigenvalue weighted by Gasteiger charge is 2.45. The second-order valence-corrected chi connectivity index (χ2v) is 7.96. The van der Waals surface area contributed by atoms with Gasteiger partial charge < -0.3 is 5.73 Å². The molecule has 3 rings (SSSR count). The summed E-state index contributed by atoms with van der Waals surface area (Å²) in [5.41, 5.74) is 3.44. The van der Waals surface area contributed by atoms with Crippen molar-refractivity contribution in [1.29, 1.82) is 0 Å². The summed E-state index contributed by atoms with van der Waals surface area (Å²) in [6, 6.07) is 4.41. The molecule has 2 aromatic rings. The van der Waals surface area contributed by atoms with Gasteiger partial charge >= 0.3 is 6.18 Å². The molecule has 1 amide bonds. The van der Waals surface area contributed by atoms with Gasteiger partial charge in [-0.2, -0.15) is 18.3 Å². The molecule has 1 aromatic heterocycles. The fourth-order valence-corrected chi connectivity index (χ4v) is 3.58. The van der Waals surface area contributed by atoms with Crippen molar-refractivity contribution in [3.63, 3.8) is 0 Å². The molecule has 0 spiro atoms. The molecule has 0 unspecified atom stereocenters. The zero-order chi connectivity index (χ0) is 19.4. The van der Waals surface area contributed by atoms with E-state index in [1.165, 1.54) is 12.1 Å². The van der Waals surface area contributed by atoms with E-state index in [2.05, 4.69) is 21.0 Å². The second-order valence-electron chi connectivity index (χ2n) is 7.05. The number of rotatable bonds is 2. The molecule has 0 atom stereocenters. The minimum absolute atomic E-state index is 0.00403. The molecule has 0 fully saturated rings. The van der Waals surface area contributed by atoms with Crippen LogP contribution in [0.2, 0.25) is 0 Å². The van der Waals surface area contributed by atoms with E-state index in [9.17, 15) is 22.8 Å². The molecule has 1 heterocycles. The van der Waals surface area contributed by atoms with Gasteiger partial charge in [0.2, 0.25) is 0 Å². The Morgan fingerprint density at radius 2 is 1.96 bits per heavy atom. The lowest BCUT2D eigenvalue weighted by Crippen LogP contribution is -2.29. The number of ketones is 1. The number of alkyl halides is 3. The number of hydrogen-bond acceptors (Lipinski definition) is 3. The van der Waals surface area contributed by atoms with Gasteiger partial charge in [-0.1, -0.05) is 29.8 Å². The molecule has 0 saturated carbocycles. The van der Waals surface area contributed by atoms with Crippen LogP contribution in [0.25, 0.3) is 5.69 Å². The molecule has 1 aromatic carbocycles. The average molecular weight is 430 g/mol. The van der Waals surface area contributed by atoms with Crippen LogP contribution in [-0.4, -0.2) is 21.5 Å². The Morgan fingerprint density at radius 1 is 1.31 bits per heavy atom. The molecule has 9 heteroatoms. The van der Waals surface area contributed by atoms with Crippen molar-refractivity contribution < 1.29 is 22.8 Å². The Kier molecular flexibility index (Phi) is 4.25. The fourth-order valence-electron chi connectivity index (χ4n) is 3.23. The summed E-state index contributed by atoms with van der Waals surface area (Å²) in [4.78, 5) is 24.2. The van der Waals surface area contributed by atoms with Crippen molar-refractivity contribution in [2.24, 2.45) is 11.1 Å². The molecule has 0 aliphatic heterocycles. The number of amides is 1. The van der Waals surface area contributed by atoms with Crippen LogP contribution in [0.5, 0.6) is 0 Å². The maximum atomic E-state index is 13.5. The van der Waals surface area contributed by atoms with Crippen LogP contribution in [0.15, 0.2) is 22.7 Å². The van der Waals surface area contributed by atoms with Crippen LogP contribution in [0.3, 0.4) is 0 Å². The van der Waals surface area contributed by atoms with E-state index >= 15 is 0 Å². The second kappa shape index (κ2) is 5.94. The van der Waals surface area contributed by atoms with E-state index in [0.717, 1.165) is 4.68 Å². The summed E-state index contributed by atoms with van der Waals surface area (Å²) in [7, 11) is 0. The number of benzene rings is 1. The van der Waals surface area contributed by atoms with Gasteiger partial charge in [-0.15, -0.1) is 0 Å². The molecule has 26 heavy (non-hydrogen) atoms. The molecule has 0 radical (unpaired) electrons. The SMILES string of the molecule is CC1(C)CC(=O)c2c(C(F)(F)F)nn(-c3cc(Br)ccc3C(N)=O)c2C1. The highest BCUT2D eigenvalue weighted by Crippen LogP contribution is 2.42. The van der Waals surface area contributed by atoms with Gasteiger partial charge in [0, 0.05) is 10.9 Å². The van der Waals surface area contributed by atoms with E-state index in [1.54, 1.807) is 19.9 Å². The minimum atomic E-state index is -4.79. The molecule has 1 aliphatic carbocycles. The van der Waals surface area contributed by atoms with Gasteiger partial charge in [-0.05, 0) is 30.0 Å². The number of nitrogens with zero attached hydrogens (tertiary/aromatic N) is 2. The number of halogens is 4. The number of carbonyl (C=O) groups excluding carboxylic acids is 2. The maximum absolute atomic E-state index is 13.5. The number of aromatic nitrogens is 2. The third-order valence-corrected chi connectivity index (χ3v) is 4.76. The van der Waals surface area contributed by atoms with Crippen LogP contribution in [0, 0.1) is 5.41 Å². The zero-order valence-electron chi connectivity index (χ0n) is 13.9. The van der Waals surface area contributed by atoms with E-state index in [1.807, 2.05) is 0 Å². The molecule has 2 N–H and O–H groups in total. The first kappa shape index (κ1) is 18.6. The van der Waals surface area contributed by atoms with Crippen molar-refractivity contribution in [2.75, 3.05) is 0 Å². The van der Waals surface area contributed by atoms with Gasteiger partial charge in [0.25, 0.3) is 5.91 Å². The number of Topliss-reactive ketones (excluding diaryl/α,β-unsaturated/α-hetero) is 1. The fraction of sp³-hybridized carbons (Fsp3) is 0.353. The molecule has 0 saturated heterocycles. The molecular weight excluding hydrogens is 415 g/mol. The monoisotopic (exact) mass is 429 g/mol. The van der Waals surface area contributed by atoms with E-state index in [4.69, 9.17) is 5.73 Å². The highest BCUT2D eigenvalue weighted by atomic mass is 79.9. The van der Waals surface area contributed by atoms with E-state index in [0.29, 0.717) is 4.47 Å². The molecule has 5 nitrogen and oxygen atoms in total. The first-order valence-corrected chi connectivity index (χ1v) is 8.52. The van der Waals surface area contributed by atoms with Gasteiger partial charge in [0.05, 0.1) is 22.5 Å². The lowest BCUT2D eigenvalue weighted by molar-refractivity contribution is -0.141. The summed E-state index contributed by atoms with van der Waals surface area (Å²) in [6.07, 6.45) is -4.58. The number of primary amides is 1. The summed E-state index contributed by atoms with van der Waals surface area (Å²) >= 11 is 3.24. The molecule has 138 valence electrons. The first-order valence-electron chi connectivity index (χ1n) is 7.73. The Bertz CT molecular complexity index is 932. The highest BCUT2D eigenvalue weighted by molar-refractivity contribution is 9.10. The van der Waals surface area contributed by atoms with Gasteiger partial charge in [0.1, 0.15) is 0 Å². The van der Waals surface area contributed by atoms with E-state index < -0.39 is 34.5 Å². The largest absolute Gasteiger partial charge is 0.435 e. The Balaban J connectivity index is 2.36. The average Bonchev–Trinajstić information content (AvgIpc) is 2.84. The third kappa shape index (κ3) is 3.15. The van der Waals surface area contributed by atoms with Crippen molar-refractivity contribution in [3.8, 4) is 5.69 Å². The predicted octanol–water partition coefficient (Wildman–Crippen LogP) is 3.91. The Hall–Kier alpha value is -2.16. The van der Waals surface area contributed by atoms with Crippen molar-refractivity contribution in [3.05, 3.63) is 45.2 Å². The lowest BCUT2D eigenvalue weighted by atomic mass is 9.75. The normalized spacial score (nSPS) is 16.5. The van der Waals surface area contributed by atoms with Crippen LogP contribution in [0.4, 0.5) is 13.2 Å². The van der Waals surface area contributed by atoms with Crippen LogP contribution < -0.4 is 5.73 Å². The Morgan fingerprint density at radius 3 is 2.54 bits per heavy atom. The summed E-state index contributed by atoms with van der Waals surface area (Å²) in [5.74, 6) is -1.41. The minimum Gasteiger partial charge on any atom is -0.366 e. The predicted molar refractivity (Wildman–Crippen MR) is 91.2 cm³/mol. The molecular formula is C17H15BrF3N3O2. The number of nitrogens with two attached hydrogens (primary N) is 1.